The van der Waals surface area contributed by atoms with Gasteiger partial charge in [0.05, 0.1) is 12.2 Å². The van der Waals surface area contributed by atoms with Crippen LogP contribution in [0.25, 0.3) is 22.5 Å². The second kappa shape index (κ2) is 11.3. The van der Waals surface area contributed by atoms with Crippen molar-refractivity contribution in [3.63, 3.8) is 0 Å². The van der Waals surface area contributed by atoms with Crippen LogP contribution in [0.5, 0.6) is 5.75 Å². The number of aromatic nitrogens is 4. The molecule has 1 amide bonds. The van der Waals surface area contributed by atoms with Crippen molar-refractivity contribution in [2.45, 2.75) is 26.1 Å². The van der Waals surface area contributed by atoms with Crippen LogP contribution in [0, 0.1) is 6.92 Å². The molecule has 0 radical (unpaired) electrons. The van der Waals surface area contributed by atoms with Crippen LogP contribution in [0.1, 0.15) is 40.3 Å². The lowest BCUT2D eigenvalue weighted by atomic mass is 9.97. The quantitative estimate of drug-likeness (QED) is 0.321. The Kier molecular flexibility index (Phi) is 8.05. The van der Waals surface area contributed by atoms with Crippen LogP contribution in [0.2, 0.25) is 0 Å². The average molecular weight is 543 g/mol. The van der Waals surface area contributed by atoms with E-state index in [0.29, 0.717) is 34.6 Å². The second-order valence-electron chi connectivity index (χ2n) is 9.49. The van der Waals surface area contributed by atoms with E-state index < -0.39 is 18.1 Å². The highest BCUT2D eigenvalue weighted by Crippen LogP contribution is 2.33. The molecule has 0 fully saturated rings. The molecule has 1 atom stereocenters. The summed E-state index contributed by atoms with van der Waals surface area (Å²) in [5.41, 5.74) is 3.57. The number of nitrogens with one attached hydrogen (secondary N) is 1. The lowest BCUT2D eigenvalue weighted by molar-refractivity contribution is -0.159. The summed E-state index contributed by atoms with van der Waals surface area (Å²) in [4.78, 5) is 18.8. The molecule has 1 N–H and O–H groups in total. The summed E-state index contributed by atoms with van der Waals surface area (Å²) in [6, 6.07) is 9.93. The summed E-state index contributed by atoms with van der Waals surface area (Å²) in [7, 11) is 5.65. The highest BCUT2D eigenvalue weighted by Gasteiger charge is 2.38. The smallest absolute Gasteiger partial charge is 0.471 e. The van der Waals surface area contributed by atoms with Crippen molar-refractivity contribution < 1.29 is 27.2 Å². The van der Waals surface area contributed by atoms with Gasteiger partial charge < -0.3 is 19.5 Å². The van der Waals surface area contributed by atoms with Gasteiger partial charge in [0, 0.05) is 36.5 Å². The van der Waals surface area contributed by atoms with E-state index in [-0.39, 0.29) is 11.7 Å². The van der Waals surface area contributed by atoms with E-state index in [4.69, 9.17) is 4.74 Å². The zero-order valence-electron chi connectivity index (χ0n) is 22.2. The third kappa shape index (κ3) is 6.82. The molecule has 0 aliphatic rings. The predicted molar refractivity (Wildman–Crippen MR) is 138 cm³/mol. The number of ether oxygens (including phenoxy) is 1. The molecule has 0 unspecified atom stereocenters. The van der Waals surface area contributed by atoms with Gasteiger partial charge in [-0.25, -0.2) is 0 Å². The molecule has 4 aromatic rings. The monoisotopic (exact) mass is 542 g/mol. The van der Waals surface area contributed by atoms with E-state index in [2.05, 4.69) is 25.1 Å². The number of hydrogen-bond donors (Lipinski definition) is 1. The van der Waals surface area contributed by atoms with E-state index in [1.165, 1.54) is 0 Å². The number of alkyl halides is 3. The van der Waals surface area contributed by atoms with E-state index in [9.17, 15) is 18.0 Å². The van der Waals surface area contributed by atoms with Crippen LogP contribution in [-0.4, -0.2) is 58.0 Å². The molecule has 0 saturated heterocycles. The normalized spacial score (nSPS) is 12.5. The number of aryl methyl sites for hydroxylation is 2. The summed E-state index contributed by atoms with van der Waals surface area (Å²) in [5.74, 6) is -1.38. The lowest BCUT2D eigenvalue weighted by Gasteiger charge is -2.18. The number of hydrogen-bond acceptors (Lipinski definition) is 7. The molecule has 0 bridgehead atoms. The molecule has 0 aliphatic heterocycles. The molecule has 2 aromatic heterocycles. The average Bonchev–Trinajstić information content (AvgIpc) is 3.54. The first-order valence-corrected chi connectivity index (χ1v) is 12.1. The van der Waals surface area contributed by atoms with Gasteiger partial charge in [0.15, 0.2) is 0 Å². The van der Waals surface area contributed by atoms with Crippen molar-refractivity contribution in [2.75, 3.05) is 27.2 Å². The summed E-state index contributed by atoms with van der Waals surface area (Å²) in [6.45, 7) is 4.82. The van der Waals surface area contributed by atoms with Gasteiger partial charge in [0.2, 0.25) is 5.82 Å². The highest BCUT2D eigenvalue weighted by atomic mass is 19.4. The molecule has 9 nitrogen and oxygen atoms in total. The van der Waals surface area contributed by atoms with E-state index in [1.807, 2.05) is 44.1 Å². The van der Waals surface area contributed by atoms with Crippen LogP contribution in [-0.2, 0) is 13.2 Å². The Morgan fingerprint density at radius 3 is 2.54 bits per heavy atom. The summed E-state index contributed by atoms with van der Waals surface area (Å²) < 4.78 is 51.0. The number of carbonyl (C=O) groups excluding carboxylic acids is 1. The molecule has 206 valence electrons. The van der Waals surface area contributed by atoms with E-state index in [0.717, 1.165) is 17.7 Å². The first-order chi connectivity index (χ1) is 18.4. The molecule has 2 heterocycles. The van der Waals surface area contributed by atoms with Gasteiger partial charge in [0.25, 0.3) is 5.91 Å². The molecule has 39 heavy (non-hydrogen) atoms. The van der Waals surface area contributed by atoms with Crippen LogP contribution in [0.3, 0.4) is 0 Å². The fraction of sp³-hybridized carbons (Fsp3) is 0.333. The maximum Gasteiger partial charge on any atom is 0.471 e. The zero-order valence-corrected chi connectivity index (χ0v) is 22.2. The number of nitrogens with zero attached hydrogens (tertiary/aromatic N) is 5. The largest absolute Gasteiger partial charge is 0.492 e. The lowest BCUT2D eigenvalue weighted by Crippen LogP contribution is -2.27. The topological polar surface area (TPSA) is 98.3 Å². The van der Waals surface area contributed by atoms with Gasteiger partial charge in [-0.05, 0) is 75.0 Å². The zero-order chi connectivity index (χ0) is 28.3. The third-order valence-electron chi connectivity index (χ3n) is 6.03. The Morgan fingerprint density at radius 2 is 1.90 bits per heavy atom. The van der Waals surface area contributed by atoms with Gasteiger partial charge in [-0.3, -0.25) is 9.48 Å². The number of carbonyl (C=O) groups is 1. The summed E-state index contributed by atoms with van der Waals surface area (Å²) in [6.07, 6.45) is -1.36. The van der Waals surface area contributed by atoms with Crippen molar-refractivity contribution in [2.24, 2.45) is 7.05 Å². The molecule has 0 spiro atoms. The third-order valence-corrected chi connectivity index (χ3v) is 6.03. The number of benzene rings is 2. The van der Waals surface area contributed by atoms with Crippen molar-refractivity contribution in [1.29, 1.82) is 0 Å². The first kappa shape index (κ1) is 27.8. The van der Waals surface area contributed by atoms with Crippen molar-refractivity contribution >= 4 is 5.91 Å². The molecule has 2 aromatic carbocycles. The Bertz CT molecular complexity index is 1460. The second-order valence-corrected chi connectivity index (χ2v) is 9.49. The number of rotatable bonds is 9. The van der Waals surface area contributed by atoms with Gasteiger partial charge in [-0.2, -0.15) is 23.3 Å². The van der Waals surface area contributed by atoms with Gasteiger partial charge >= 0.3 is 12.1 Å². The fourth-order valence-corrected chi connectivity index (χ4v) is 3.86. The Hall–Kier alpha value is -4.19. The SMILES string of the molecule is Cc1ccc(OCCN(C)C)cc1C(=O)N[C@H](C)c1cc(-c2cnn(C)c2)cc(-c2noc(C(F)(F)F)n2)c1. The molecule has 4 rings (SSSR count). The number of halogens is 3. The van der Waals surface area contributed by atoms with Crippen molar-refractivity contribution in [3.05, 3.63) is 71.4 Å². The maximum atomic E-state index is 13.3. The molecule has 0 saturated carbocycles. The Morgan fingerprint density at radius 1 is 1.15 bits per heavy atom. The van der Waals surface area contributed by atoms with Crippen molar-refractivity contribution in [3.8, 4) is 28.3 Å². The fourth-order valence-electron chi connectivity index (χ4n) is 3.86. The minimum absolute atomic E-state index is 0.216. The molecular weight excluding hydrogens is 513 g/mol. The van der Waals surface area contributed by atoms with Crippen LogP contribution >= 0.6 is 0 Å². The minimum atomic E-state index is -4.76. The number of likely N-dealkylation sites (N-methyl/N-ethyl adjacent to an activating group) is 1. The molecule has 0 aliphatic carbocycles. The van der Waals surface area contributed by atoms with E-state index >= 15 is 0 Å². The molecule has 12 heteroatoms. The van der Waals surface area contributed by atoms with Gasteiger partial charge in [0.1, 0.15) is 12.4 Å². The summed E-state index contributed by atoms with van der Waals surface area (Å²) in [5, 5.41) is 10.7. The first-order valence-electron chi connectivity index (χ1n) is 12.1. The standard InChI is InChI=1S/C27H29F3N6O3/c1-16-6-7-22(38-9-8-35(3)4)13-23(16)25(37)32-17(2)18-10-19(21-14-31-36(5)15-21)12-20(11-18)24-33-26(39-34-24)27(28,29)30/h6-7,10-15,17H,8-9H2,1-5H3,(H,32,37)/t17-/m1/s1. The Balaban J connectivity index is 1.63. The van der Waals surface area contributed by atoms with Crippen LogP contribution in [0.15, 0.2) is 53.3 Å². The molecular formula is C27H29F3N6O3. The van der Waals surface area contributed by atoms with Crippen LogP contribution in [0.4, 0.5) is 13.2 Å². The Labute approximate surface area is 223 Å². The van der Waals surface area contributed by atoms with Crippen molar-refractivity contribution in [1.82, 2.24) is 30.1 Å². The predicted octanol–water partition coefficient (Wildman–Crippen LogP) is 4.90. The minimum Gasteiger partial charge on any atom is -0.492 e. The van der Waals surface area contributed by atoms with Crippen LogP contribution < -0.4 is 10.1 Å². The van der Waals surface area contributed by atoms with E-state index in [1.54, 1.807) is 49.2 Å². The summed E-state index contributed by atoms with van der Waals surface area (Å²) >= 11 is 0. The van der Waals surface area contributed by atoms with Gasteiger partial charge in [-0.1, -0.05) is 11.2 Å². The number of amides is 1. The maximum absolute atomic E-state index is 13.3. The highest BCUT2D eigenvalue weighted by molar-refractivity contribution is 5.96. The van der Waals surface area contributed by atoms with Gasteiger partial charge in [-0.15, -0.1) is 0 Å².